The molecular weight excluding hydrogens is 252 g/mol. The molecule has 0 bridgehead atoms. The molecule has 0 aromatic rings. The van der Waals surface area contributed by atoms with E-state index in [0.29, 0.717) is 17.8 Å². The van der Waals surface area contributed by atoms with E-state index < -0.39 is 5.60 Å². The van der Waals surface area contributed by atoms with Crippen molar-refractivity contribution in [2.24, 2.45) is 17.8 Å². The number of hydrogen-bond acceptors (Lipinski definition) is 3. The van der Waals surface area contributed by atoms with Gasteiger partial charge in [0.1, 0.15) is 0 Å². The van der Waals surface area contributed by atoms with Gasteiger partial charge in [-0.2, -0.15) is 0 Å². The van der Waals surface area contributed by atoms with Crippen LogP contribution in [0.4, 0.5) is 0 Å². The smallest absolute Gasteiger partial charge is 0.0730 e. The lowest BCUT2D eigenvalue weighted by Crippen LogP contribution is -2.55. The van der Waals surface area contributed by atoms with Crippen LogP contribution in [0.25, 0.3) is 0 Å². The SMILES string of the molecule is CC1CCCC(O)(C2CCOC3(CCOCC3)C2)C1C. The minimum atomic E-state index is -0.466. The first kappa shape index (κ1) is 14.8. The van der Waals surface area contributed by atoms with Gasteiger partial charge in [-0.05, 0) is 49.9 Å². The van der Waals surface area contributed by atoms with Gasteiger partial charge < -0.3 is 14.6 Å². The van der Waals surface area contributed by atoms with E-state index in [4.69, 9.17) is 9.47 Å². The summed E-state index contributed by atoms with van der Waals surface area (Å²) in [4.78, 5) is 0. The zero-order chi connectivity index (χ0) is 14.2. The normalized spacial score (nSPS) is 45.5. The van der Waals surface area contributed by atoms with E-state index in [1.165, 1.54) is 12.8 Å². The van der Waals surface area contributed by atoms with Crippen LogP contribution in [0.3, 0.4) is 0 Å². The van der Waals surface area contributed by atoms with Crippen LogP contribution < -0.4 is 0 Å². The third-order valence-corrected chi connectivity index (χ3v) is 6.48. The van der Waals surface area contributed by atoms with E-state index in [1.54, 1.807) is 0 Å². The number of rotatable bonds is 1. The quantitative estimate of drug-likeness (QED) is 0.803. The van der Waals surface area contributed by atoms with Gasteiger partial charge in [0.25, 0.3) is 0 Å². The highest BCUT2D eigenvalue weighted by atomic mass is 16.5. The highest BCUT2D eigenvalue weighted by molar-refractivity contribution is 5.01. The van der Waals surface area contributed by atoms with E-state index in [2.05, 4.69) is 13.8 Å². The lowest BCUT2D eigenvalue weighted by molar-refractivity contribution is -0.195. The Bertz CT molecular complexity index is 332. The number of hydrogen-bond donors (Lipinski definition) is 1. The summed E-state index contributed by atoms with van der Waals surface area (Å²) >= 11 is 0. The molecule has 116 valence electrons. The number of aliphatic hydroxyl groups is 1. The van der Waals surface area contributed by atoms with Crippen LogP contribution in [0.15, 0.2) is 0 Å². The highest BCUT2D eigenvalue weighted by Crippen LogP contribution is 2.49. The van der Waals surface area contributed by atoms with Gasteiger partial charge in [-0.1, -0.05) is 26.7 Å². The molecule has 0 aromatic carbocycles. The van der Waals surface area contributed by atoms with Crippen molar-refractivity contribution in [2.75, 3.05) is 19.8 Å². The summed E-state index contributed by atoms with van der Waals surface area (Å²) < 4.78 is 11.6. The summed E-state index contributed by atoms with van der Waals surface area (Å²) in [6.45, 7) is 7.01. The van der Waals surface area contributed by atoms with Gasteiger partial charge in [0, 0.05) is 19.8 Å². The molecule has 3 rings (SSSR count). The largest absolute Gasteiger partial charge is 0.389 e. The van der Waals surface area contributed by atoms with Crippen molar-refractivity contribution in [2.45, 2.75) is 70.0 Å². The van der Waals surface area contributed by atoms with Crippen LogP contribution in [0.5, 0.6) is 0 Å². The Morgan fingerprint density at radius 3 is 2.50 bits per heavy atom. The molecule has 0 amide bonds. The molecule has 3 fully saturated rings. The summed E-state index contributed by atoms with van der Waals surface area (Å²) in [5.74, 6) is 1.46. The summed E-state index contributed by atoms with van der Waals surface area (Å²) in [6.07, 6.45) is 7.49. The summed E-state index contributed by atoms with van der Waals surface area (Å²) in [5.41, 5.74) is -0.468. The molecule has 2 saturated heterocycles. The zero-order valence-corrected chi connectivity index (χ0v) is 13.1. The maximum Gasteiger partial charge on any atom is 0.0730 e. The van der Waals surface area contributed by atoms with Crippen molar-refractivity contribution in [1.29, 1.82) is 0 Å². The molecule has 1 aliphatic carbocycles. The van der Waals surface area contributed by atoms with E-state index in [9.17, 15) is 5.11 Å². The molecule has 2 aliphatic heterocycles. The van der Waals surface area contributed by atoms with E-state index in [-0.39, 0.29) is 5.60 Å². The molecule has 0 radical (unpaired) electrons. The molecule has 2 heterocycles. The summed E-state index contributed by atoms with van der Waals surface area (Å²) in [7, 11) is 0. The van der Waals surface area contributed by atoms with Crippen LogP contribution in [0.2, 0.25) is 0 Å². The first-order chi connectivity index (χ1) is 9.56. The molecule has 20 heavy (non-hydrogen) atoms. The Morgan fingerprint density at radius 1 is 1.00 bits per heavy atom. The van der Waals surface area contributed by atoms with Gasteiger partial charge >= 0.3 is 0 Å². The fraction of sp³-hybridized carbons (Fsp3) is 1.00. The third kappa shape index (κ3) is 2.53. The molecule has 3 nitrogen and oxygen atoms in total. The van der Waals surface area contributed by atoms with Crippen molar-refractivity contribution in [1.82, 2.24) is 0 Å². The monoisotopic (exact) mass is 282 g/mol. The maximum absolute atomic E-state index is 11.4. The predicted octanol–water partition coefficient (Wildman–Crippen LogP) is 3.15. The first-order valence-electron chi connectivity index (χ1n) is 8.50. The van der Waals surface area contributed by atoms with Crippen LogP contribution in [-0.2, 0) is 9.47 Å². The first-order valence-corrected chi connectivity index (χ1v) is 8.50. The van der Waals surface area contributed by atoms with Gasteiger partial charge in [-0.25, -0.2) is 0 Å². The Morgan fingerprint density at radius 2 is 1.75 bits per heavy atom. The predicted molar refractivity (Wildman–Crippen MR) is 78.6 cm³/mol. The second-order valence-electron chi connectivity index (χ2n) is 7.48. The van der Waals surface area contributed by atoms with Crippen molar-refractivity contribution < 1.29 is 14.6 Å². The molecule has 0 aromatic heterocycles. The van der Waals surface area contributed by atoms with Crippen LogP contribution in [0.1, 0.15) is 58.8 Å². The molecular formula is C17H30O3. The van der Waals surface area contributed by atoms with Gasteiger partial charge in [-0.15, -0.1) is 0 Å². The van der Waals surface area contributed by atoms with Gasteiger partial charge in [0.2, 0.25) is 0 Å². The Hall–Kier alpha value is -0.120. The van der Waals surface area contributed by atoms with Gasteiger partial charge in [-0.3, -0.25) is 0 Å². The standard InChI is InChI=1S/C17H30O3/c1-13-4-3-6-17(18,14(13)2)15-5-9-20-16(12-15)7-10-19-11-8-16/h13-15,18H,3-12H2,1-2H3. The summed E-state index contributed by atoms with van der Waals surface area (Å²) in [5, 5.41) is 11.4. The molecule has 4 unspecified atom stereocenters. The van der Waals surface area contributed by atoms with Crippen LogP contribution in [-0.4, -0.2) is 36.1 Å². The zero-order valence-electron chi connectivity index (χ0n) is 13.1. The van der Waals surface area contributed by atoms with E-state index in [1.807, 2.05) is 0 Å². The van der Waals surface area contributed by atoms with Crippen molar-refractivity contribution in [3.8, 4) is 0 Å². The average Bonchev–Trinajstić information content (AvgIpc) is 2.46. The second kappa shape index (κ2) is 5.58. The Kier molecular flexibility index (Phi) is 4.13. The van der Waals surface area contributed by atoms with Crippen molar-refractivity contribution >= 4 is 0 Å². The van der Waals surface area contributed by atoms with Gasteiger partial charge in [0.05, 0.1) is 11.2 Å². The minimum absolute atomic E-state index is 0.00268. The van der Waals surface area contributed by atoms with E-state index in [0.717, 1.165) is 51.9 Å². The maximum atomic E-state index is 11.4. The second-order valence-corrected chi connectivity index (χ2v) is 7.48. The molecule has 3 aliphatic rings. The fourth-order valence-electron chi connectivity index (χ4n) is 4.80. The Labute approximate surface area is 123 Å². The molecule has 1 saturated carbocycles. The number of ether oxygens (including phenoxy) is 2. The third-order valence-electron chi connectivity index (χ3n) is 6.48. The molecule has 3 heteroatoms. The topological polar surface area (TPSA) is 38.7 Å². The Balaban J connectivity index is 1.75. The molecule has 1 spiro atoms. The lowest BCUT2D eigenvalue weighted by atomic mass is 9.61. The van der Waals surface area contributed by atoms with E-state index >= 15 is 0 Å². The van der Waals surface area contributed by atoms with Gasteiger partial charge in [0.15, 0.2) is 0 Å². The fourth-order valence-corrected chi connectivity index (χ4v) is 4.80. The van der Waals surface area contributed by atoms with Crippen LogP contribution >= 0.6 is 0 Å². The summed E-state index contributed by atoms with van der Waals surface area (Å²) in [6, 6.07) is 0. The lowest BCUT2D eigenvalue weighted by Gasteiger charge is -2.52. The minimum Gasteiger partial charge on any atom is -0.389 e. The van der Waals surface area contributed by atoms with Crippen LogP contribution in [0, 0.1) is 17.8 Å². The average molecular weight is 282 g/mol. The highest BCUT2D eigenvalue weighted by Gasteiger charge is 2.50. The molecule has 1 N–H and O–H groups in total. The molecule has 4 atom stereocenters. The van der Waals surface area contributed by atoms with Crippen molar-refractivity contribution in [3.05, 3.63) is 0 Å². The van der Waals surface area contributed by atoms with Crippen molar-refractivity contribution in [3.63, 3.8) is 0 Å².